The molecule has 0 unspecified atom stereocenters. The lowest BCUT2D eigenvalue weighted by molar-refractivity contribution is -0.129. The Labute approximate surface area is 115 Å². The lowest BCUT2D eigenvalue weighted by Gasteiger charge is -2.21. The highest BCUT2D eigenvalue weighted by Gasteiger charge is 2.26. The van der Waals surface area contributed by atoms with E-state index in [0.717, 1.165) is 16.7 Å². The maximum atomic E-state index is 12.8. The van der Waals surface area contributed by atoms with E-state index in [1.807, 2.05) is 18.2 Å². The van der Waals surface area contributed by atoms with Crippen molar-refractivity contribution in [3.63, 3.8) is 0 Å². The highest BCUT2D eigenvalue weighted by Crippen LogP contribution is 2.28. The van der Waals surface area contributed by atoms with Gasteiger partial charge in [-0.3, -0.25) is 14.9 Å². The minimum Gasteiger partial charge on any atom is -0.292 e. The Kier molecular flexibility index (Phi) is 3.06. The van der Waals surface area contributed by atoms with Crippen LogP contribution in [0.2, 0.25) is 0 Å². The predicted molar refractivity (Wildman–Crippen MR) is 72.9 cm³/mol. The number of benzene rings is 1. The summed E-state index contributed by atoms with van der Waals surface area (Å²) >= 11 is 0. The van der Waals surface area contributed by atoms with Crippen molar-refractivity contribution in [1.82, 2.24) is 5.32 Å². The number of carbonyl (C=O) groups is 2. The van der Waals surface area contributed by atoms with E-state index in [2.05, 4.69) is 5.32 Å². The zero-order chi connectivity index (χ0) is 14.1. The predicted octanol–water partition coefficient (Wildman–Crippen LogP) is 2.51. The summed E-state index contributed by atoms with van der Waals surface area (Å²) < 4.78 is 12.8. The number of hydrogen-bond donors (Lipinski definition) is 1. The minimum absolute atomic E-state index is 0.251. The van der Waals surface area contributed by atoms with Crippen LogP contribution in [0.25, 0.3) is 6.08 Å². The molecule has 3 nitrogen and oxygen atoms in total. The van der Waals surface area contributed by atoms with Crippen LogP contribution in [0.1, 0.15) is 18.4 Å². The molecule has 0 radical (unpaired) electrons. The molecule has 0 spiro atoms. The van der Waals surface area contributed by atoms with Crippen LogP contribution in [0.5, 0.6) is 0 Å². The molecule has 0 aromatic heterocycles. The van der Waals surface area contributed by atoms with Crippen molar-refractivity contribution in [3.05, 3.63) is 64.5 Å². The van der Waals surface area contributed by atoms with Crippen LogP contribution in [-0.4, -0.2) is 11.8 Å². The summed E-state index contributed by atoms with van der Waals surface area (Å²) in [5.74, 6) is -0.850. The van der Waals surface area contributed by atoms with Crippen LogP contribution >= 0.6 is 0 Å². The van der Waals surface area contributed by atoms with Crippen molar-refractivity contribution < 1.29 is 14.0 Å². The molecule has 0 atom stereocenters. The summed E-state index contributed by atoms with van der Waals surface area (Å²) in [7, 11) is 0. The molecular formula is C16H12FNO2. The summed E-state index contributed by atoms with van der Waals surface area (Å²) in [5.41, 5.74) is 3.26. The van der Waals surface area contributed by atoms with Crippen molar-refractivity contribution in [1.29, 1.82) is 0 Å². The smallest absolute Gasteiger partial charge is 0.254 e. The fourth-order valence-corrected chi connectivity index (χ4v) is 2.37. The Bertz CT molecular complexity index is 681. The van der Waals surface area contributed by atoms with Gasteiger partial charge in [0.25, 0.3) is 5.91 Å². The van der Waals surface area contributed by atoms with Crippen LogP contribution in [0.15, 0.2) is 53.1 Å². The van der Waals surface area contributed by atoms with Gasteiger partial charge in [-0.25, -0.2) is 4.39 Å². The second-order valence-corrected chi connectivity index (χ2v) is 4.84. The van der Waals surface area contributed by atoms with E-state index in [1.54, 1.807) is 12.1 Å². The molecule has 3 rings (SSSR count). The number of amides is 2. The van der Waals surface area contributed by atoms with E-state index in [4.69, 9.17) is 0 Å². The van der Waals surface area contributed by atoms with Gasteiger partial charge in [-0.15, -0.1) is 0 Å². The van der Waals surface area contributed by atoms with Gasteiger partial charge < -0.3 is 0 Å². The molecule has 2 amide bonds. The topological polar surface area (TPSA) is 46.2 Å². The molecule has 1 aromatic carbocycles. The third-order valence-electron chi connectivity index (χ3n) is 3.37. The average molecular weight is 269 g/mol. The van der Waals surface area contributed by atoms with Crippen LogP contribution < -0.4 is 5.32 Å². The molecule has 100 valence electrons. The first-order chi connectivity index (χ1) is 9.61. The van der Waals surface area contributed by atoms with Gasteiger partial charge in [0, 0.05) is 12.0 Å². The van der Waals surface area contributed by atoms with Gasteiger partial charge in [0.1, 0.15) is 5.82 Å². The number of nitrogens with one attached hydrogen (secondary N) is 1. The standard InChI is InChI=1S/C16H12FNO2/c17-13-5-2-10(3-6-13)7-11-1-4-12-9-15(19)18-16(20)14(12)8-11/h1-7H,8-9H2,(H,18,19,20). The van der Waals surface area contributed by atoms with E-state index < -0.39 is 0 Å². The summed E-state index contributed by atoms with van der Waals surface area (Å²) in [5, 5.41) is 2.32. The average Bonchev–Trinajstić information content (AvgIpc) is 2.42. The van der Waals surface area contributed by atoms with Gasteiger partial charge in [-0.2, -0.15) is 0 Å². The van der Waals surface area contributed by atoms with Crippen molar-refractivity contribution in [2.75, 3.05) is 0 Å². The van der Waals surface area contributed by atoms with Crippen molar-refractivity contribution in [2.45, 2.75) is 12.8 Å². The Morgan fingerprint density at radius 1 is 1.05 bits per heavy atom. The Balaban J connectivity index is 1.87. The minimum atomic E-state index is -0.314. The second-order valence-electron chi connectivity index (χ2n) is 4.84. The van der Waals surface area contributed by atoms with Crippen molar-refractivity contribution in [2.24, 2.45) is 0 Å². The second kappa shape index (κ2) is 4.89. The first-order valence-corrected chi connectivity index (χ1v) is 6.32. The van der Waals surface area contributed by atoms with Gasteiger partial charge >= 0.3 is 0 Å². The highest BCUT2D eigenvalue weighted by atomic mass is 19.1. The molecular weight excluding hydrogens is 257 g/mol. The fourth-order valence-electron chi connectivity index (χ4n) is 2.37. The largest absolute Gasteiger partial charge is 0.292 e. The maximum Gasteiger partial charge on any atom is 0.254 e. The first-order valence-electron chi connectivity index (χ1n) is 6.32. The number of rotatable bonds is 1. The van der Waals surface area contributed by atoms with Crippen LogP contribution in [0.3, 0.4) is 0 Å². The summed E-state index contributed by atoms with van der Waals surface area (Å²) in [6.45, 7) is 0. The molecule has 0 saturated heterocycles. The quantitative estimate of drug-likeness (QED) is 0.796. The van der Waals surface area contributed by atoms with Crippen LogP contribution in [0, 0.1) is 5.82 Å². The fraction of sp³-hybridized carbons (Fsp3) is 0.125. The summed E-state index contributed by atoms with van der Waals surface area (Å²) in [6, 6.07) is 6.17. The van der Waals surface area contributed by atoms with E-state index in [1.165, 1.54) is 12.1 Å². The number of carbonyl (C=O) groups excluding carboxylic acids is 2. The lowest BCUT2D eigenvalue weighted by atomic mass is 9.88. The SMILES string of the molecule is O=C1CC2=C(CC(=Cc3ccc(F)cc3)C=C2)C(=O)N1. The Morgan fingerprint density at radius 2 is 1.80 bits per heavy atom. The Morgan fingerprint density at radius 3 is 2.55 bits per heavy atom. The van der Waals surface area contributed by atoms with Crippen LogP contribution in [0.4, 0.5) is 4.39 Å². The molecule has 1 N–H and O–H groups in total. The molecule has 4 heteroatoms. The molecule has 20 heavy (non-hydrogen) atoms. The summed E-state index contributed by atoms with van der Waals surface area (Å²) in [4.78, 5) is 23.1. The number of allylic oxidation sites excluding steroid dienone is 3. The number of halogens is 1. The van der Waals surface area contributed by atoms with Gasteiger partial charge in [-0.05, 0) is 28.8 Å². The lowest BCUT2D eigenvalue weighted by Crippen LogP contribution is -2.37. The van der Waals surface area contributed by atoms with E-state index in [-0.39, 0.29) is 24.1 Å². The zero-order valence-corrected chi connectivity index (χ0v) is 10.7. The van der Waals surface area contributed by atoms with Crippen molar-refractivity contribution in [3.8, 4) is 0 Å². The molecule has 1 aromatic rings. The van der Waals surface area contributed by atoms with Gasteiger partial charge in [-0.1, -0.05) is 30.4 Å². The Hall–Kier alpha value is -2.49. The van der Waals surface area contributed by atoms with Gasteiger partial charge in [0.2, 0.25) is 5.91 Å². The highest BCUT2D eigenvalue weighted by molar-refractivity contribution is 6.09. The molecule has 0 fully saturated rings. The first kappa shape index (κ1) is 12.5. The molecule has 2 aliphatic rings. The number of imide groups is 1. The zero-order valence-electron chi connectivity index (χ0n) is 10.7. The third kappa shape index (κ3) is 2.45. The molecule has 1 heterocycles. The molecule has 0 bridgehead atoms. The summed E-state index contributed by atoms with van der Waals surface area (Å²) in [6.07, 6.45) is 6.35. The monoisotopic (exact) mass is 269 g/mol. The van der Waals surface area contributed by atoms with Crippen LogP contribution in [-0.2, 0) is 9.59 Å². The van der Waals surface area contributed by atoms with E-state index >= 15 is 0 Å². The molecule has 0 saturated carbocycles. The van der Waals surface area contributed by atoms with E-state index in [9.17, 15) is 14.0 Å². The maximum absolute atomic E-state index is 12.8. The number of hydrogen-bond acceptors (Lipinski definition) is 2. The molecule has 1 aliphatic carbocycles. The molecule has 1 aliphatic heterocycles. The third-order valence-corrected chi connectivity index (χ3v) is 3.37. The van der Waals surface area contributed by atoms with E-state index in [0.29, 0.717) is 12.0 Å². The van der Waals surface area contributed by atoms with Gasteiger partial charge in [0.05, 0.1) is 6.42 Å². The normalized spacial score (nSPS) is 20.1. The van der Waals surface area contributed by atoms with Gasteiger partial charge in [0.15, 0.2) is 0 Å². The van der Waals surface area contributed by atoms with Crippen molar-refractivity contribution >= 4 is 17.9 Å².